The van der Waals surface area contributed by atoms with E-state index in [0.29, 0.717) is 36.8 Å². The molecule has 31 heavy (non-hydrogen) atoms. The second-order valence-electron chi connectivity index (χ2n) is 8.07. The molecule has 0 aliphatic carbocycles. The Bertz CT molecular complexity index is 1020. The highest BCUT2D eigenvalue weighted by atomic mass is 35.5. The van der Waals surface area contributed by atoms with Crippen LogP contribution in [0.3, 0.4) is 0 Å². The van der Waals surface area contributed by atoms with Gasteiger partial charge in [0.05, 0.1) is 5.02 Å². The van der Waals surface area contributed by atoms with Crippen molar-refractivity contribution in [3.8, 4) is 0 Å². The van der Waals surface area contributed by atoms with Crippen LogP contribution >= 0.6 is 23.2 Å². The summed E-state index contributed by atoms with van der Waals surface area (Å²) in [5.41, 5.74) is 0.683. The van der Waals surface area contributed by atoms with Crippen molar-refractivity contribution in [2.24, 2.45) is 0 Å². The Morgan fingerprint density at radius 1 is 0.774 bits per heavy atom. The van der Waals surface area contributed by atoms with Gasteiger partial charge in [-0.1, -0.05) is 36.0 Å². The van der Waals surface area contributed by atoms with Gasteiger partial charge in [-0.3, -0.25) is 0 Å². The van der Waals surface area contributed by atoms with Crippen LogP contribution in [-0.2, 0) is 10.0 Å². The minimum absolute atomic E-state index is 0.103. The summed E-state index contributed by atoms with van der Waals surface area (Å²) in [6, 6.07) is 7.03. The SMILES string of the molecule is Cc1cc(S(=O)(=O)N2CCN(c3ccc(N4CCCCCC4)nn3)CC2)c(Cl)cc1Cl. The second-order valence-corrected chi connectivity index (χ2v) is 10.8. The number of sulfonamides is 1. The van der Waals surface area contributed by atoms with Crippen LogP contribution in [-0.4, -0.2) is 62.2 Å². The molecule has 2 saturated heterocycles. The van der Waals surface area contributed by atoms with Crippen LogP contribution in [0.15, 0.2) is 29.2 Å². The highest BCUT2D eigenvalue weighted by Crippen LogP contribution is 2.31. The molecule has 0 amide bonds. The molecule has 0 saturated carbocycles. The molecule has 1 aromatic carbocycles. The summed E-state index contributed by atoms with van der Waals surface area (Å²) in [5, 5.41) is 9.46. The predicted octanol–water partition coefficient (Wildman–Crippen LogP) is 3.98. The highest BCUT2D eigenvalue weighted by molar-refractivity contribution is 7.89. The standard InChI is InChI=1S/C21H27Cl2N5O2S/c1-16-14-19(18(23)15-17(16)22)31(29,30)28-12-10-27(11-13-28)21-7-6-20(24-25-21)26-8-4-2-3-5-9-26/h6-7,14-15H,2-5,8-13H2,1H3. The molecule has 0 atom stereocenters. The summed E-state index contributed by atoms with van der Waals surface area (Å²) >= 11 is 12.3. The molecule has 2 aliphatic rings. The van der Waals surface area contributed by atoms with E-state index in [9.17, 15) is 8.42 Å². The Morgan fingerprint density at radius 3 is 1.87 bits per heavy atom. The van der Waals surface area contributed by atoms with E-state index in [1.165, 1.54) is 36.1 Å². The number of aromatic nitrogens is 2. The van der Waals surface area contributed by atoms with Gasteiger partial charge in [0.2, 0.25) is 10.0 Å². The van der Waals surface area contributed by atoms with Crippen LogP contribution in [0.4, 0.5) is 11.6 Å². The summed E-state index contributed by atoms with van der Waals surface area (Å²) < 4.78 is 27.7. The zero-order valence-electron chi connectivity index (χ0n) is 17.6. The lowest BCUT2D eigenvalue weighted by atomic mass is 10.2. The van der Waals surface area contributed by atoms with Crippen LogP contribution in [0, 0.1) is 6.92 Å². The normalized spacial score (nSPS) is 18.8. The van der Waals surface area contributed by atoms with Gasteiger partial charge in [-0.25, -0.2) is 8.42 Å². The first-order valence-corrected chi connectivity index (χ1v) is 12.9. The third-order valence-electron chi connectivity index (χ3n) is 5.96. The van der Waals surface area contributed by atoms with Crippen molar-refractivity contribution in [2.75, 3.05) is 49.1 Å². The molecule has 10 heteroatoms. The maximum absolute atomic E-state index is 13.1. The first-order chi connectivity index (χ1) is 14.9. The minimum atomic E-state index is -3.69. The fraction of sp³-hybridized carbons (Fsp3) is 0.524. The highest BCUT2D eigenvalue weighted by Gasteiger charge is 2.31. The number of aryl methyl sites for hydroxylation is 1. The van der Waals surface area contributed by atoms with Crippen LogP contribution in [0.5, 0.6) is 0 Å². The molecule has 0 unspecified atom stereocenters. The van der Waals surface area contributed by atoms with E-state index in [1.54, 1.807) is 13.0 Å². The maximum atomic E-state index is 13.1. The number of piperazine rings is 1. The molecule has 0 N–H and O–H groups in total. The van der Waals surface area contributed by atoms with E-state index in [0.717, 1.165) is 24.7 Å². The summed E-state index contributed by atoms with van der Waals surface area (Å²) in [6.45, 7) is 5.62. The summed E-state index contributed by atoms with van der Waals surface area (Å²) in [4.78, 5) is 4.47. The van der Waals surface area contributed by atoms with Crippen molar-refractivity contribution in [2.45, 2.75) is 37.5 Å². The van der Waals surface area contributed by atoms with Crippen molar-refractivity contribution in [1.29, 1.82) is 0 Å². The van der Waals surface area contributed by atoms with Gasteiger partial charge in [0.15, 0.2) is 11.6 Å². The third kappa shape index (κ3) is 4.92. The fourth-order valence-electron chi connectivity index (χ4n) is 4.08. The van der Waals surface area contributed by atoms with Crippen LogP contribution in [0.1, 0.15) is 31.2 Å². The van der Waals surface area contributed by atoms with Gasteiger partial charge in [-0.05, 0) is 49.6 Å². The van der Waals surface area contributed by atoms with Crippen molar-refractivity contribution < 1.29 is 8.42 Å². The second kappa shape index (κ2) is 9.48. The van der Waals surface area contributed by atoms with Crippen molar-refractivity contribution >= 4 is 44.9 Å². The van der Waals surface area contributed by atoms with Gasteiger partial charge in [-0.15, -0.1) is 10.2 Å². The zero-order valence-corrected chi connectivity index (χ0v) is 19.9. The van der Waals surface area contributed by atoms with Crippen LogP contribution in [0.2, 0.25) is 10.0 Å². The van der Waals surface area contributed by atoms with Gasteiger partial charge in [0.25, 0.3) is 0 Å². The number of hydrogen-bond donors (Lipinski definition) is 0. The van der Waals surface area contributed by atoms with Gasteiger partial charge in [0.1, 0.15) is 4.90 Å². The number of rotatable bonds is 4. The molecule has 0 bridgehead atoms. The van der Waals surface area contributed by atoms with Crippen LogP contribution in [0.25, 0.3) is 0 Å². The third-order valence-corrected chi connectivity index (χ3v) is 8.73. The Hall–Kier alpha value is -1.61. The summed E-state index contributed by atoms with van der Waals surface area (Å²) in [6.07, 6.45) is 4.93. The number of hydrogen-bond acceptors (Lipinski definition) is 6. The number of nitrogens with zero attached hydrogens (tertiary/aromatic N) is 5. The van der Waals surface area contributed by atoms with Gasteiger partial charge < -0.3 is 9.80 Å². The molecule has 4 rings (SSSR count). The van der Waals surface area contributed by atoms with Crippen LogP contribution < -0.4 is 9.80 Å². The fourth-order valence-corrected chi connectivity index (χ4v) is 6.31. The Morgan fingerprint density at radius 2 is 1.32 bits per heavy atom. The Labute approximate surface area is 194 Å². The van der Waals surface area contributed by atoms with Crippen molar-refractivity contribution in [1.82, 2.24) is 14.5 Å². The topological polar surface area (TPSA) is 69.6 Å². The predicted molar refractivity (Wildman–Crippen MR) is 125 cm³/mol. The Balaban J connectivity index is 1.42. The van der Waals surface area contributed by atoms with Gasteiger partial charge >= 0.3 is 0 Å². The summed E-state index contributed by atoms with van der Waals surface area (Å²) in [5.74, 6) is 1.69. The minimum Gasteiger partial charge on any atom is -0.355 e. The number of halogens is 2. The van der Waals surface area contributed by atoms with E-state index in [2.05, 4.69) is 20.0 Å². The van der Waals surface area contributed by atoms with E-state index >= 15 is 0 Å². The van der Waals surface area contributed by atoms with E-state index < -0.39 is 10.0 Å². The maximum Gasteiger partial charge on any atom is 0.244 e. The average Bonchev–Trinajstić information content (AvgIpc) is 3.06. The van der Waals surface area contributed by atoms with E-state index in [1.807, 2.05) is 12.1 Å². The number of benzene rings is 1. The largest absolute Gasteiger partial charge is 0.355 e. The lowest BCUT2D eigenvalue weighted by Crippen LogP contribution is -2.49. The molecule has 1 aromatic heterocycles. The van der Waals surface area contributed by atoms with Crippen molar-refractivity contribution in [3.05, 3.63) is 39.9 Å². The van der Waals surface area contributed by atoms with Gasteiger partial charge in [0, 0.05) is 44.3 Å². The molecule has 0 spiro atoms. The lowest BCUT2D eigenvalue weighted by Gasteiger charge is -2.34. The lowest BCUT2D eigenvalue weighted by molar-refractivity contribution is 0.383. The average molecular weight is 484 g/mol. The number of anilines is 2. The molecule has 2 aliphatic heterocycles. The smallest absolute Gasteiger partial charge is 0.244 e. The van der Waals surface area contributed by atoms with Gasteiger partial charge in [-0.2, -0.15) is 4.31 Å². The molecule has 2 aromatic rings. The molecule has 7 nitrogen and oxygen atoms in total. The molecule has 2 fully saturated rings. The van der Waals surface area contributed by atoms with E-state index in [-0.39, 0.29) is 9.92 Å². The first-order valence-electron chi connectivity index (χ1n) is 10.7. The summed E-state index contributed by atoms with van der Waals surface area (Å²) in [7, 11) is -3.69. The monoisotopic (exact) mass is 483 g/mol. The Kier molecular flexibility index (Phi) is 6.91. The molecular weight excluding hydrogens is 457 g/mol. The quantitative estimate of drug-likeness (QED) is 0.654. The zero-order chi connectivity index (χ0) is 22.0. The first kappa shape index (κ1) is 22.6. The molecular formula is C21H27Cl2N5O2S. The van der Waals surface area contributed by atoms with Crippen molar-refractivity contribution in [3.63, 3.8) is 0 Å². The van der Waals surface area contributed by atoms with E-state index in [4.69, 9.17) is 23.2 Å². The molecule has 0 radical (unpaired) electrons. The molecule has 3 heterocycles. The molecule has 168 valence electrons.